The van der Waals surface area contributed by atoms with Gasteiger partial charge in [0.1, 0.15) is 16.3 Å². The molecule has 0 aliphatic heterocycles. The molecule has 3 rings (SSSR count). The molecule has 132 valence electrons. The summed E-state index contributed by atoms with van der Waals surface area (Å²) in [6.07, 6.45) is 1.69. The van der Waals surface area contributed by atoms with Crippen molar-refractivity contribution in [1.29, 1.82) is 0 Å². The molecule has 0 saturated carbocycles. The van der Waals surface area contributed by atoms with E-state index in [0.717, 1.165) is 5.69 Å². The smallest absolute Gasteiger partial charge is 0.264 e. The SMILES string of the molecule is C=CCN(C(=S)c1c(O)c2cc(Cl)ccc2n(C)c1=O)c1ccccc1. The summed E-state index contributed by atoms with van der Waals surface area (Å²) in [5.74, 6) is -0.166. The van der Waals surface area contributed by atoms with Crippen LogP contribution in [0.25, 0.3) is 10.9 Å². The van der Waals surface area contributed by atoms with Crippen LogP contribution in [0.1, 0.15) is 5.56 Å². The van der Waals surface area contributed by atoms with Crippen LogP contribution < -0.4 is 10.5 Å². The molecule has 1 heterocycles. The minimum atomic E-state index is -0.368. The normalized spacial score (nSPS) is 10.7. The van der Waals surface area contributed by atoms with Crippen molar-refractivity contribution in [3.05, 3.63) is 82.1 Å². The van der Waals surface area contributed by atoms with Gasteiger partial charge in [-0.3, -0.25) is 4.79 Å². The number of hydrogen-bond acceptors (Lipinski definition) is 3. The van der Waals surface area contributed by atoms with Gasteiger partial charge in [0.05, 0.1) is 5.52 Å². The molecule has 26 heavy (non-hydrogen) atoms. The van der Waals surface area contributed by atoms with E-state index in [9.17, 15) is 9.90 Å². The standard InChI is InChI=1S/C20H17ClN2O2S/c1-3-11-23(14-7-5-4-6-8-14)20(26)17-18(24)15-12-13(21)9-10-16(15)22(2)19(17)25/h3-10,12,24H,1,11H2,2H3. The minimum absolute atomic E-state index is 0.0722. The van der Waals surface area contributed by atoms with Crippen molar-refractivity contribution in [2.45, 2.75) is 0 Å². The number of benzene rings is 2. The fourth-order valence-corrected chi connectivity index (χ4v) is 3.41. The highest BCUT2D eigenvalue weighted by atomic mass is 35.5. The zero-order valence-electron chi connectivity index (χ0n) is 14.1. The number of thiocarbonyl (C=S) groups is 1. The highest BCUT2D eigenvalue weighted by Gasteiger charge is 2.23. The summed E-state index contributed by atoms with van der Waals surface area (Å²) in [5.41, 5.74) is 1.10. The molecular weight excluding hydrogens is 368 g/mol. The summed E-state index contributed by atoms with van der Waals surface area (Å²) in [6.45, 7) is 4.16. The molecular formula is C20H17ClN2O2S. The van der Waals surface area contributed by atoms with E-state index in [2.05, 4.69) is 6.58 Å². The maximum atomic E-state index is 12.9. The lowest BCUT2D eigenvalue weighted by Gasteiger charge is -2.25. The second kappa shape index (κ2) is 7.32. The quantitative estimate of drug-likeness (QED) is 0.539. The number of rotatable bonds is 4. The van der Waals surface area contributed by atoms with E-state index >= 15 is 0 Å². The van der Waals surface area contributed by atoms with Gasteiger partial charge in [0.2, 0.25) is 0 Å². The number of aromatic nitrogens is 1. The Morgan fingerprint density at radius 2 is 2.00 bits per heavy atom. The average Bonchev–Trinajstić information content (AvgIpc) is 2.65. The summed E-state index contributed by atoms with van der Waals surface area (Å²) in [7, 11) is 1.64. The van der Waals surface area contributed by atoms with E-state index in [-0.39, 0.29) is 21.9 Å². The fourth-order valence-electron chi connectivity index (χ4n) is 2.87. The lowest BCUT2D eigenvalue weighted by molar-refractivity contribution is 0.478. The molecule has 0 unspecified atom stereocenters. The van der Waals surface area contributed by atoms with Crippen molar-refractivity contribution < 1.29 is 5.11 Å². The second-order valence-corrected chi connectivity index (χ2v) is 6.61. The third kappa shape index (κ3) is 3.11. The third-order valence-corrected chi connectivity index (χ3v) is 4.83. The van der Waals surface area contributed by atoms with Gasteiger partial charge in [-0.2, -0.15) is 0 Å². The van der Waals surface area contributed by atoms with Crippen LogP contribution in [0.4, 0.5) is 5.69 Å². The maximum absolute atomic E-state index is 12.9. The summed E-state index contributed by atoms with van der Waals surface area (Å²) in [6, 6.07) is 14.4. The van der Waals surface area contributed by atoms with Gasteiger partial charge < -0.3 is 14.6 Å². The molecule has 0 fully saturated rings. The molecule has 2 aromatic carbocycles. The average molecular weight is 385 g/mol. The number of fused-ring (bicyclic) bond motifs is 1. The number of aryl methyl sites for hydroxylation is 1. The molecule has 0 amide bonds. The van der Waals surface area contributed by atoms with Crippen molar-refractivity contribution in [3.63, 3.8) is 0 Å². The molecule has 0 saturated heterocycles. The van der Waals surface area contributed by atoms with Crippen LogP contribution in [0.2, 0.25) is 5.02 Å². The zero-order chi connectivity index (χ0) is 18.8. The molecule has 6 heteroatoms. The Labute approximate surface area is 161 Å². The predicted molar refractivity (Wildman–Crippen MR) is 112 cm³/mol. The zero-order valence-corrected chi connectivity index (χ0v) is 15.7. The van der Waals surface area contributed by atoms with Crippen LogP contribution in [0.3, 0.4) is 0 Å². The largest absolute Gasteiger partial charge is 0.506 e. The maximum Gasteiger partial charge on any atom is 0.264 e. The lowest BCUT2D eigenvalue weighted by atomic mass is 10.1. The molecule has 3 aromatic rings. The molecule has 1 aromatic heterocycles. The predicted octanol–water partition coefficient (Wildman–Crippen LogP) is 4.27. The highest BCUT2D eigenvalue weighted by Crippen LogP contribution is 2.30. The second-order valence-electron chi connectivity index (χ2n) is 5.79. The number of anilines is 1. The van der Waals surface area contributed by atoms with Gasteiger partial charge in [0.25, 0.3) is 5.56 Å². The molecule has 0 aliphatic rings. The summed E-state index contributed by atoms with van der Waals surface area (Å²) >= 11 is 11.7. The highest BCUT2D eigenvalue weighted by molar-refractivity contribution is 7.81. The Hall–Kier alpha value is -2.63. The number of halogens is 1. The first-order chi connectivity index (χ1) is 12.5. The Bertz CT molecular complexity index is 1060. The van der Waals surface area contributed by atoms with Crippen LogP contribution in [0.5, 0.6) is 5.75 Å². The molecule has 0 aliphatic carbocycles. The first-order valence-electron chi connectivity index (χ1n) is 7.94. The third-order valence-electron chi connectivity index (χ3n) is 4.17. The number of para-hydroxylation sites is 1. The van der Waals surface area contributed by atoms with Crippen LogP contribution in [-0.4, -0.2) is 21.2 Å². The first kappa shape index (κ1) is 18.2. The number of pyridine rings is 1. The van der Waals surface area contributed by atoms with Crippen LogP contribution in [-0.2, 0) is 7.05 Å². The monoisotopic (exact) mass is 384 g/mol. The van der Waals surface area contributed by atoms with Gasteiger partial charge in [0.15, 0.2) is 0 Å². The molecule has 4 nitrogen and oxygen atoms in total. The van der Waals surface area contributed by atoms with Crippen molar-refractivity contribution in [2.24, 2.45) is 7.05 Å². The van der Waals surface area contributed by atoms with Gasteiger partial charge >= 0.3 is 0 Å². The minimum Gasteiger partial charge on any atom is -0.506 e. The molecule has 0 atom stereocenters. The van der Waals surface area contributed by atoms with Gasteiger partial charge in [-0.25, -0.2) is 0 Å². The lowest BCUT2D eigenvalue weighted by Crippen LogP contribution is -2.36. The number of hydrogen-bond donors (Lipinski definition) is 1. The number of aromatic hydroxyl groups is 1. The molecule has 0 radical (unpaired) electrons. The van der Waals surface area contributed by atoms with E-state index in [0.29, 0.717) is 22.5 Å². The van der Waals surface area contributed by atoms with E-state index in [1.54, 1.807) is 36.2 Å². The van der Waals surface area contributed by atoms with Gasteiger partial charge in [-0.1, -0.05) is 48.1 Å². The Balaban J connectivity index is 2.24. The first-order valence-corrected chi connectivity index (χ1v) is 8.73. The van der Waals surface area contributed by atoms with Crippen LogP contribution in [0, 0.1) is 0 Å². The summed E-state index contributed by atoms with van der Waals surface area (Å²) in [4.78, 5) is 14.9. The fraction of sp³-hybridized carbons (Fsp3) is 0.100. The van der Waals surface area contributed by atoms with Gasteiger partial charge in [0, 0.05) is 29.7 Å². The molecule has 1 N–H and O–H groups in total. The number of nitrogens with zero attached hydrogens (tertiary/aromatic N) is 2. The van der Waals surface area contributed by atoms with Crippen LogP contribution >= 0.6 is 23.8 Å². The van der Waals surface area contributed by atoms with E-state index in [1.165, 1.54) is 4.57 Å². The topological polar surface area (TPSA) is 45.5 Å². The van der Waals surface area contributed by atoms with E-state index in [1.807, 2.05) is 30.3 Å². The van der Waals surface area contributed by atoms with Crippen molar-refractivity contribution in [3.8, 4) is 5.75 Å². The Kier molecular flexibility index (Phi) is 5.11. The van der Waals surface area contributed by atoms with E-state index in [4.69, 9.17) is 23.8 Å². The Morgan fingerprint density at radius 3 is 2.65 bits per heavy atom. The summed E-state index contributed by atoms with van der Waals surface area (Å²) in [5, 5.41) is 11.7. The van der Waals surface area contributed by atoms with Crippen LogP contribution in [0.15, 0.2) is 66.0 Å². The van der Waals surface area contributed by atoms with Crippen molar-refractivity contribution in [2.75, 3.05) is 11.4 Å². The summed E-state index contributed by atoms with van der Waals surface area (Å²) < 4.78 is 1.46. The van der Waals surface area contributed by atoms with Crippen molar-refractivity contribution in [1.82, 2.24) is 4.57 Å². The van der Waals surface area contributed by atoms with Gasteiger partial charge in [-0.05, 0) is 30.3 Å². The van der Waals surface area contributed by atoms with Gasteiger partial charge in [-0.15, -0.1) is 6.58 Å². The van der Waals surface area contributed by atoms with E-state index < -0.39 is 0 Å². The molecule has 0 spiro atoms. The molecule has 0 bridgehead atoms. The Morgan fingerprint density at radius 1 is 1.31 bits per heavy atom. The van der Waals surface area contributed by atoms with Crippen molar-refractivity contribution >= 4 is 45.4 Å².